The van der Waals surface area contributed by atoms with Gasteiger partial charge < -0.3 is 0 Å². The average Bonchev–Trinajstić information content (AvgIpc) is 3.73. The third-order valence-electron chi connectivity index (χ3n) is 12.2. The zero-order valence-corrected chi connectivity index (χ0v) is 34.4. The Morgan fingerprint density at radius 3 is 1.43 bits per heavy atom. The Labute approximate surface area is 360 Å². The van der Waals surface area contributed by atoms with Gasteiger partial charge in [0.15, 0.2) is 0 Å². The fourth-order valence-corrected chi connectivity index (χ4v) is 11.0. The number of rotatable bonds is 8. The van der Waals surface area contributed by atoms with E-state index in [1.165, 1.54) is 114 Å². The van der Waals surface area contributed by atoms with Crippen LogP contribution < -0.4 is 0 Å². The maximum atomic E-state index is 4.28. The highest BCUT2D eigenvalue weighted by atomic mass is 32.1. The maximum absolute atomic E-state index is 4.28. The van der Waals surface area contributed by atoms with Crippen molar-refractivity contribution < 1.29 is 0 Å². The normalized spacial score (nSPS) is 11.8. The SMILES string of the molecule is C=C/C=C(\C=C)c1c(-c2ccccc2)c2sc(-c3ccc(-c4c5ccccc5c(-c5ccc6ccccc6c5)c5ccccc45)cc3)c(-c3ccccc3)c2c2ccccc12. The quantitative estimate of drug-likeness (QED) is 0.106. The average molecular weight is 793 g/mol. The lowest BCUT2D eigenvalue weighted by atomic mass is 9.85. The number of thiophene rings is 1. The number of fused-ring (bicyclic) bond motifs is 6. The molecular formula is C60H40S. The summed E-state index contributed by atoms with van der Waals surface area (Å²) in [6, 6.07) is 73.3. The van der Waals surface area contributed by atoms with Gasteiger partial charge in [-0.2, -0.15) is 0 Å². The largest absolute Gasteiger partial charge is 0.134 e. The molecule has 0 amide bonds. The van der Waals surface area contributed by atoms with Gasteiger partial charge in [0.25, 0.3) is 0 Å². The Hall–Kier alpha value is -7.58. The summed E-state index contributed by atoms with van der Waals surface area (Å²) in [4.78, 5) is 1.25. The number of benzene rings is 10. The molecule has 61 heavy (non-hydrogen) atoms. The molecular weight excluding hydrogens is 753 g/mol. The van der Waals surface area contributed by atoms with E-state index < -0.39 is 0 Å². The molecule has 0 aliphatic rings. The highest BCUT2D eigenvalue weighted by molar-refractivity contribution is 7.23. The van der Waals surface area contributed by atoms with Crippen LogP contribution in [0.3, 0.4) is 0 Å². The topological polar surface area (TPSA) is 0 Å². The van der Waals surface area contributed by atoms with Gasteiger partial charge in [-0.3, -0.25) is 0 Å². The zero-order valence-electron chi connectivity index (χ0n) is 33.6. The van der Waals surface area contributed by atoms with E-state index in [9.17, 15) is 0 Å². The fraction of sp³-hybridized carbons (Fsp3) is 0. The van der Waals surface area contributed by atoms with Crippen molar-refractivity contribution in [2.45, 2.75) is 0 Å². The predicted molar refractivity (Wildman–Crippen MR) is 267 cm³/mol. The van der Waals surface area contributed by atoms with E-state index >= 15 is 0 Å². The molecule has 11 aromatic rings. The summed E-state index contributed by atoms with van der Waals surface area (Å²) in [7, 11) is 0. The summed E-state index contributed by atoms with van der Waals surface area (Å²) in [5.41, 5.74) is 13.3. The van der Waals surface area contributed by atoms with Crippen molar-refractivity contribution in [2.75, 3.05) is 0 Å². The molecule has 0 fully saturated rings. The molecule has 0 spiro atoms. The standard InChI is InChI=1S/C60H40S/c1-3-19-39(4-2)55-51-30-17-18-31-52(51)58-57(42-23-9-6-10-24-42)59(61-60(58)56(55)41-21-7-5-8-22-41)44-35-33-43(34-36-44)53-47-26-13-15-28-49(47)54(50-29-16-14-27-48(50)53)46-37-32-40-20-11-12-25-45(40)38-46/h3-38H,1-2H2/b39-19+. The van der Waals surface area contributed by atoms with Crippen LogP contribution in [-0.4, -0.2) is 0 Å². The molecule has 0 radical (unpaired) electrons. The number of hydrogen-bond donors (Lipinski definition) is 0. The molecule has 10 aromatic carbocycles. The van der Waals surface area contributed by atoms with E-state index in [4.69, 9.17) is 0 Å². The molecule has 1 heterocycles. The van der Waals surface area contributed by atoms with E-state index in [1.807, 2.05) is 23.5 Å². The van der Waals surface area contributed by atoms with E-state index in [0.717, 1.165) is 5.57 Å². The monoisotopic (exact) mass is 792 g/mol. The lowest BCUT2D eigenvalue weighted by Crippen LogP contribution is -1.93. The summed E-state index contributed by atoms with van der Waals surface area (Å²) in [5.74, 6) is 0. The fourth-order valence-electron chi connectivity index (χ4n) is 9.56. The van der Waals surface area contributed by atoms with Crippen LogP contribution in [0.25, 0.3) is 114 Å². The van der Waals surface area contributed by atoms with Crippen LogP contribution in [-0.2, 0) is 0 Å². The van der Waals surface area contributed by atoms with Gasteiger partial charge in [0.1, 0.15) is 0 Å². The summed E-state index contributed by atoms with van der Waals surface area (Å²) in [6.07, 6.45) is 5.92. The van der Waals surface area contributed by atoms with Crippen molar-refractivity contribution in [3.8, 4) is 54.9 Å². The van der Waals surface area contributed by atoms with Crippen LogP contribution in [0.4, 0.5) is 0 Å². The molecule has 0 saturated carbocycles. The Balaban J connectivity index is 1.17. The van der Waals surface area contributed by atoms with Crippen LogP contribution in [0.15, 0.2) is 232 Å². The predicted octanol–water partition coefficient (Wildman–Crippen LogP) is 17.6. The van der Waals surface area contributed by atoms with Crippen molar-refractivity contribution in [1.29, 1.82) is 0 Å². The minimum Gasteiger partial charge on any atom is -0.134 e. The van der Waals surface area contributed by atoms with Crippen molar-refractivity contribution in [3.63, 3.8) is 0 Å². The van der Waals surface area contributed by atoms with Crippen LogP contribution in [0, 0.1) is 0 Å². The van der Waals surface area contributed by atoms with E-state index in [-0.39, 0.29) is 0 Å². The first-order valence-electron chi connectivity index (χ1n) is 20.8. The van der Waals surface area contributed by atoms with Crippen molar-refractivity contribution in [3.05, 3.63) is 237 Å². The molecule has 0 unspecified atom stereocenters. The van der Waals surface area contributed by atoms with Gasteiger partial charge in [0, 0.05) is 26.1 Å². The second-order valence-corrected chi connectivity index (χ2v) is 16.6. The van der Waals surface area contributed by atoms with Gasteiger partial charge >= 0.3 is 0 Å². The third-order valence-corrected chi connectivity index (χ3v) is 13.4. The lowest BCUT2D eigenvalue weighted by Gasteiger charge is -2.18. The molecule has 0 nitrogen and oxygen atoms in total. The third kappa shape index (κ3) is 6.05. The zero-order chi connectivity index (χ0) is 40.9. The molecule has 0 saturated heterocycles. The van der Waals surface area contributed by atoms with E-state index in [2.05, 4.69) is 219 Å². The van der Waals surface area contributed by atoms with Gasteiger partial charge in [-0.15, -0.1) is 11.3 Å². The van der Waals surface area contributed by atoms with Gasteiger partial charge in [0.05, 0.1) is 0 Å². The minimum atomic E-state index is 1.05. The first-order valence-corrected chi connectivity index (χ1v) is 21.6. The number of hydrogen-bond acceptors (Lipinski definition) is 1. The van der Waals surface area contributed by atoms with Gasteiger partial charge in [-0.25, -0.2) is 0 Å². The van der Waals surface area contributed by atoms with Gasteiger partial charge in [-0.05, 0) is 99.2 Å². The van der Waals surface area contributed by atoms with Crippen LogP contribution in [0.5, 0.6) is 0 Å². The molecule has 0 atom stereocenters. The molecule has 0 N–H and O–H groups in total. The number of allylic oxidation sites excluding steroid dienone is 4. The summed E-state index contributed by atoms with van der Waals surface area (Å²) in [5, 5.41) is 11.2. The second-order valence-electron chi connectivity index (χ2n) is 15.6. The van der Waals surface area contributed by atoms with E-state index in [1.54, 1.807) is 0 Å². The smallest absolute Gasteiger partial charge is 0.0446 e. The second kappa shape index (κ2) is 15.2. The lowest BCUT2D eigenvalue weighted by molar-refractivity contribution is 1.64. The van der Waals surface area contributed by atoms with Crippen LogP contribution >= 0.6 is 11.3 Å². The molecule has 0 bridgehead atoms. The first-order chi connectivity index (χ1) is 30.2. The molecule has 11 rings (SSSR count). The first kappa shape index (κ1) is 36.5. The maximum Gasteiger partial charge on any atom is 0.0446 e. The highest BCUT2D eigenvalue weighted by Gasteiger charge is 2.25. The van der Waals surface area contributed by atoms with Crippen molar-refractivity contribution in [2.24, 2.45) is 0 Å². The van der Waals surface area contributed by atoms with Crippen LogP contribution in [0.1, 0.15) is 5.56 Å². The summed E-state index contributed by atoms with van der Waals surface area (Å²) in [6.45, 7) is 8.37. The Kier molecular flexibility index (Phi) is 9.11. The Morgan fingerprint density at radius 2 is 0.836 bits per heavy atom. The molecule has 0 aliphatic carbocycles. The minimum absolute atomic E-state index is 1.05. The van der Waals surface area contributed by atoms with Gasteiger partial charge in [-0.1, -0.05) is 226 Å². The molecule has 286 valence electrons. The molecule has 1 heteroatoms. The summed E-state index contributed by atoms with van der Waals surface area (Å²) < 4.78 is 1.26. The summed E-state index contributed by atoms with van der Waals surface area (Å²) >= 11 is 1.89. The molecule has 1 aromatic heterocycles. The molecule has 0 aliphatic heterocycles. The van der Waals surface area contributed by atoms with Crippen molar-refractivity contribution >= 4 is 70.1 Å². The van der Waals surface area contributed by atoms with Gasteiger partial charge in [0.2, 0.25) is 0 Å². The highest BCUT2D eigenvalue weighted by Crippen LogP contribution is 2.54. The van der Waals surface area contributed by atoms with E-state index in [0.29, 0.717) is 0 Å². The van der Waals surface area contributed by atoms with Crippen molar-refractivity contribution in [1.82, 2.24) is 0 Å². The Morgan fingerprint density at radius 1 is 0.377 bits per heavy atom. The Bertz CT molecular complexity index is 3470. The van der Waals surface area contributed by atoms with Crippen LogP contribution in [0.2, 0.25) is 0 Å².